The highest BCUT2D eigenvalue weighted by Crippen LogP contribution is 2.34. The lowest BCUT2D eigenvalue weighted by Gasteiger charge is -2.30. The van der Waals surface area contributed by atoms with Crippen molar-refractivity contribution in [3.8, 4) is 11.5 Å². The lowest BCUT2D eigenvalue weighted by Crippen LogP contribution is -2.41. The van der Waals surface area contributed by atoms with Gasteiger partial charge in [-0.1, -0.05) is 11.6 Å². The predicted octanol–water partition coefficient (Wildman–Crippen LogP) is 3.67. The van der Waals surface area contributed by atoms with Crippen molar-refractivity contribution in [1.29, 1.82) is 0 Å². The highest BCUT2D eigenvalue weighted by Gasteiger charge is 2.26. The molecule has 8 nitrogen and oxygen atoms in total. The zero-order chi connectivity index (χ0) is 22.7. The molecular weight excluding hydrogens is 459 g/mol. The molecule has 0 spiro atoms. The fourth-order valence-electron chi connectivity index (χ4n) is 3.46. The van der Waals surface area contributed by atoms with E-state index in [-0.39, 0.29) is 17.9 Å². The van der Waals surface area contributed by atoms with Crippen LogP contribution in [0.5, 0.6) is 11.5 Å². The van der Waals surface area contributed by atoms with Crippen molar-refractivity contribution < 1.29 is 22.3 Å². The van der Waals surface area contributed by atoms with E-state index in [9.17, 15) is 12.8 Å². The number of fused-ring (bicyclic) bond motifs is 1. The maximum atomic E-state index is 13.3. The maximum absolute atomic E-state index is 13.3. The highest BCUT2D eigenvalue weighted by atomic mass is 35.5. The van der Waals surface area contributed by atoms with Gasteiger partial charge in [0.25, 0.3) is 0 Å². The van der Waals surface area contributed by atoms with Crippen molar-refractivity contribution in [3.63, 3.8) is 0 Å². The molecule has 0 bridgehead atoms. The van der Waals surface area contributed by atoms with Crippen LogP contribution in [-0.4, -0.2) is 54.9 Å². The van der Waals surface area contributed by atoms with Gasteiger partial charge in [0.1, 0.15) is 18.2 Å². The van der Waals surface area contributed by atoms with E-state index >= 15 is 0 Å². The normalized spacial score (nSPS) is 15.6. The molecule has 1 N–H and O–H groups in total. The second-order valence-electron chi connectivity index (χ2n) is 7.45. The predicted molar refractivity (Wildman–Crippen MR) is 120 cm³/mol. The Balaban J connectivity index is 1.48. The minimum Gasteiger partial charge on any atom is -0.486 e. The molecule has 1 fully saturated rings. The zero-order valence-corrected chi connectivity index (χ0v) is 18.9. The van der Waals surface area contributed by atoms with Crippen LogP contribution in [0.25, 0.3) is 10.9 Å². The molecule has 0 saturated carbocycles. The Labute approximate surface area is 190 Å². The van der Waals surface area contributed by atoms with E-state index in [1.165, 1.54) is 29.0 Å². The summed E-state index contributed by atoms with van der Waals surface area (Å²) in [6.07, 6.45) is 5.34. The second kappa shape index (κ2) is 9.43. The third kappa shape index (κ3) is 5.37. The van der Waals surface area contributed by atoms with Gasteiger partial charge in [0, 0.05) is 36.4 Å². The first-order valence-electron chi connectivity index (χ1n) is 9.97. The molecule has 170 valence electrons. The van der Waals surface area contributed by atoms with Gasteiger partial charge in [-0.2, -0.15) is 0 Å². The Morgan fingerprint density at radius 3 is 2.72 bits per heavy atom. The van der Waals surface area contributed by atoms with Crippen LogP contribution in [0.2, 0.25) is 5.02 Å². The quantitative estimate of drug-likeness (QED) is 0.515. The van der Waals surface area contributed by atoms with Gasteiger partial charge in [0.2, 0.25) is 10.0 Å². The molecule has 32 heavy (non-hydrogen) atoms. The molecule has 2 heterocycles. The number of piperidine rings is 1. The van der Waals surface area contributed by atoms with Gasteiger partial charge in [-0.15, -0.1) is 0 Å². The third-order valence-corrected chi connectivity index (χ3v) is 6.75. The van der Waals surface area contributed by atoms with Gasteiger partial charge in [-0.05, 0) is 37.1 Å². The molecular formula is C21H22ClFN4O4S. The zero-order valence-electron chi connectivity index (χ0n) is 17.3. The number of nitrogens with one attached hydrogen (secondary N) is 1. The van der Waals surface area contributed by atoms with Gasteiger partial charge in [-0.3, -0.25) is 0 Å². The molecule has 0 atom stereocenters. The van der Waals surface area contributed by atoms with Crippen LogP contribution < -0.4 is 14.8 Å². The number of halogens is 2. The number of aromatic nitrogens is 2. The van der Waals surface area contributed by atoms with Crippen LogP contribution >= 0.6 is 11.6 Å². The molecule has 1 aromatic heterocycles. The highest BCUT2D eigenvalue weighted by molar-refractivity contribution is 7.88. The lowest BCUT2D eigenvalue weighted by atomic mass is 10.1. The third-order valence-electron chi connectivity index (χ3n) is 5.16. The van der Waals surface area contributed by atoms with Crippen LogP contribution in [-0.2, 0) is 10.0 Å². The molecule has 0 unspecified atom stereocenters. The SMILES string of the molecule is CS(=O)(=O)N1CCC(Oc2cc3cncnc3cc2OCNc2ccc(F)c(Cl)c2)CC1. The number of ether oxygens (including phenoxy) is 2. The van der Waals surface area contributed by atoms with Crippen molar-refractivity contribution in [2.45, 2.75) is 18.9 Å². The van der Waals surface area contributed by atoms with Crippen molar-refractivity contribution in [2.75, 3.05) is 31.4 Å². The summed E-state index contributed by atoms with van der Waals surface area (Å²) in [5.74, 6) is 0.497. The Morgan fingerprint density at radius 1 is 1.22 bits per heavy atom. The standard InChI is InChI=1S/C21H22ClFN4O4S/c1-32(28,29)27-6-4-16(5-7-27)31-21-8-14-11-24-12-25-19(14)10-20(21)30-13-26-15-2-3-18(23)17(22)9-15/h2-3,8-12,16,26H,4-7,13H2,1H3. The summed E-state index contributed by atoms with van der Waals surface area (Å²) in [6.45, 7) is 0.897. The first-order valence-corrected chi connectivity index (χ1v) is 12.2. The van der Waals surface area contributed by atoms with E-state index in [2.05, 4.69) is 15.3 Å². The molecule has 2 aromatic carbocycles. The minimum absolute atomic E-state index is 0.0156. The molecule has 0 aliphatic carbocycles. The molecule has 4 rings (SSSR count). The van der Waals surface area contributed by atoms with E-state index in [0.717, 1.165) is 5.39 Å². The summed E-state index contributed by atoms with van der Waals surface area (Å²) in [5.41, 5.74) is 1.30. The lowest BCUT2D eigenvalue weighted by molar-refractivity contribution is 0.130. The summed E-state index contributed by atoms with van der Waals surface area (Å²) in [4.78, 5) is 8.30. The molecule has 1 saturated heterocycles. The van der Waals surface area contributed by atoms with Crippen LogP contribution in [0.1, 0.15) is 12.8 Å². The first-order chi connectivity index (χ1) is 15.3. The Hall–Kier alpha value is -2.69. The van der Waals surface area contributed by atoms with Crippen molar-refractivity contribution in [3.05, 3.63) is 53.7 Å². The smallest absolute Gasteiger partial charge is 0.211 e. The Bertz CT molecular complexity index is 1220. The van der Waals surface area contributed by atoms with E-state index in [1.54, 1.807) is 18.3 Å². The number of nitrogens with zero attached hydrogens (tertiary/aromatic N) is 3. The van der Waals surface area contributed by atoms with Crippen LogP contribution in [0.3, 0.4) is 0 Å². The number of hydrogen-bond donors (Lipinski definition) is 1. The molecule has 1 aliphatic heterocycles. The molecule has 3 aromatic rings. The molecule has 11 heteroatoms. The minimum atomic E-state index is -3.21. The molecule has 0 amide bonds. The number of benzene rings is 2. The van der Waals surface area contributed by atoms with Gasteiger partial charge in [0.05, 0.1) is 16.8 Å². The summed E-state index contributed by atoms with van der Waals surface area (Å²) >= 11 is 5.82. The average molecular weight is 481 g/mol. The first kappa shape index (κ1) is 22.5. The fourth-order valence-corrected chi connectivity index (χ4v) is 4.51. The van der Waals surface area contributed by atoms with Gasteiger partial charge in [0.15, 0.2) is 18.2 Å². The van der Waals surface area contributed by atoms with E-state index < -0.39 is 15.8 Å². The maximum Gasteiger partial charge on any atom is 0.211 e. The summed E-state index contributed by atoms with van der Waals surface area (Å²) < 4.78 is 50.4. The number of hydrogen-bond acceptors (Lipinski definition) is 7. The summed E-state index contributed by atoms with van der Waals surface area (Å²) in [7, 11) is -3.21. The van der Waals surface area contributed by atoms with Crippen molar-refractivity contribution in [2.24, 2.45) is 0 Å². The fraction of sp³-hybridized carbons (Fsp3) is 0.333. The molecule has 1 aliphatic rings. The Kier molecular flexibility index (Phi) is 6.63. The summed E-state index contributed by atoms with van der Waals surface area (Å²) in [5, 5.41) is 3.84. The van der Waals surface area contributed by atoms with E-state index in [4.69, 9.17) is 21.1 Å². The average Bonchev–Trinajstić information content (AvgIpc) is 2.76. The van der Waals surface area contributed by atoms with Gasteiger partial charge in [-0.25, -0.2) is 27.1 Å². The van der Waals surface area contributed by atoms with E-state index in [0.29, 0.717) is 48.6 Å². The Morgan fingerprint density at radius 2 is 2.00 bits per heavy atom. The summed E-state index contributed by atoms with van der Waals surface area (Å²) in [6, 6.07) is 7.88. The second-order valence-corrected chi connectivity index (χ2v) is 9.84. The largest absolute Gasteiger partial charge is 0.486 e. The monoisotopic (exact) mass is 480 g/mol. The van der Waals surface area contributed by atoms with Crippen LogP contribution in [0.15, 0.2) is 42.9 Å². The van der Waals surface area contributed by atoms with Gasteiger partial charge >= 0.3 is 0 Å². The van der Waals surface area contributed by atoms with E-state index in [1.807, 2.05) is 6.07 Å². The van der Waals surface area contributed by atoms with Crippen molar-refractivity contribution in [1.82, 2.24) is 14.3 Å². The topological polar surface area (TPSA) is 93.7 Å². The number of rotatable bonds is 7. The number of anilines is 1. The van der Waals surface area contributed by atoms with Gasteiger partial charge < -0.3 is 14.8 Å². The molecule has 0 radical (unpaired) electrons. The van der Waals surface area contributed by atoms with Crippen LogP contribution in [0, 0.1) is 5.82 Å². The van der Waals surface area contributed by atoms with Crippen molar-refractivity contribution >= 4 is 38.2 Å². The number of sulfonamides is 1. The van der Waals surface area contributed by atoms with Crippen LogP contribution in [0.4, 0.5) is 10.1 Å².